The Morgan fingerprint density at radius 1 is 1.14 bits per heavy atom. The van der Waals surface area contributed by atoms with E-state index in [0.29, 0.717) is 18.1 Å². The van der Waals surface area contributed by atoms with Crippen molar-refractivity contribution < 1.29 is 9.21 Å². The van der Waals surface area contributed by atoms with Gasteiger partial charge in [0.05, 0.1) is 17.3 Å². The molecule has 0 N–H and O–H groups in total. The summed E-state index contributed by atoms with van der Waals surface area (Å²) in [6.45, 7) is 2.03. The van der Waals surface area contributed by atoms with Crippen LogP contribution in [0.2, 0.25) is 0 Å². The van der Waals surface area contributed by atoms with Crippen LogP contribution in [0.1, 0.15) is 12.8 Å². The summed E-state index contributed by atoms with van der Waals surface area (Å²) in [5, 5.41) is 0. The molecule has 2 aromatic heterocycles. The molecule has 1 aliphatic rings. The average molecular weight is 295 g/mol. The molecule has 1 aliphatic heterocycles. The van der Waals surface area contributed by atoms with Crippen LogP contribution in [0.4, 0.5) is 0 Å². The quantitative estimate of drug-likeness (QED) is 0.746. The van der Waals surface area contributed by atoms with Crippen LogP contribution in [0.5, 0.6) is 0 Å². The highest BCUT2D eigenvalue weighted by atomic mass is 16.3. The molecule has 0 radical (unpaired) electrons. The smallest absolute Gasteiger partial charge is 0.242 e. The minimum absolute atomic E-state index is 0.147. The van der Waals surface area contributed by atoms with E-state index < -0.39 is 0 Å². The lowest BCUT2D eigenvalue weighted by atomic mass is 10.3. The van der Waals surface area contributed by atoms with Crippen LogP contribution < -0.4 is 0 Å². The maximum Gasteiger partial charge on any atom is 0.242 e. The van der Waals surface area contributed by atoms with E-state index in [4.69, 9.17) is 4.42 Å². The zero-order chi connectivity index (χ0) is 14.9. The minimum Gasteiger partial charge on any atom is -0.461 e. The van der Waals surface area contributed by atoms with Gasteiger partial charge in [0, 0.05) is 13.1 Å². The SMILES string of the molecule is O=C(Cn1c(-c2ccco2)nc2ccccc21)N1CCCC1. The Labute approximate surface area is 128 Å². The Morgan fingerprint density at radius 3 is 2.73 bits per heavy atom. The topological polar surface area (TPSA) is 51.3 Å². The average Bonchev–Trinajstić information content (AvgIpc) is 3.28. The van der Waals surface area contributed by atoms with Gasteiger partial charge in [-0.05, 0) is 37.1 Å². The number of rotatable bonds is 3. The first-order valence-corrected chi connectivity index (χ1v) is 7.60. The maximum atomic E-state index is 12.5. The Hall–Kier alpha value is -2.56. The van der Waals surface area contributed by atoms with Crippen molar-refractivity contribution in [2.45, 2.75) is 19.4 Å². The second kappa shape index (κ2) is 5.33. The van der Waals surface area contributed by atoms with Gasteiger partial charge in [-0.2, -0.15) is 0 Å². The second-order valence-corrected chi connectivity index (χ2v) is 5.58. The fourth-order valence-electron chi connectivity index (χ4n) is 3.03. The van der Waals surface area contributed by atoms with Crippen molar-refractivity contribution in [2.24, 2.45) is 0 Å². The van der Waals surface area contributed by atoms with Crippen molar-refractivity contribution in [3.05, 3.63) is 42.7 Å². The van der Waals surface area contributed by atoms with Crippen molar-refractivity contribution >= 4 is 16.9 Å². The molecule has 112 valence electrons. The third kappa shape index (κ3) is 2.19. The van der Waals surface area contributed by atoms with Crippen LogP contribution in [-0.2, 0) is 11.3 Å². The third-order valence-corrected chi connectivity index (χ3v) is 4.15. The predicted molar refractivity (Wildman–Crippen MR) is 83.2 cm³/mol. The summed E-state index contributed by atoms with van der Waals surface area (Å²) >= 11 is 0. The number of benzene rings is 1. The van der Waals surface area contributed by atoms with Crippen LogP contribution in [-0.4, -0.2) is 33.4 Å². The number of carbonyl (C=O) groups is 1. The molecule has 1 saturated heterocycles. The molecule has 1 fully saturated rings. The molecule has 1 aromatic carbocycles. The number of nitrogens with zero attached hydrogens (tertiary/aromatic N) is 3. The van der Waals surface area contributed by atoms with E-state index in [-0.39, 0.29) is 5.91 Å². The Balaban J connectivity index is 1.77. The highest BCUT2D eigenvalue weighted by Gasteiger charge is 2.22. The molecule has 0 aliphatic carbocycles. The number of amides is 1. The molecule has 22 heavy (non-hydrogen) atoms. The number of fused-ring (bicyclic) bond motifs is 1. The van der Waals surface area contributed by atoms with Crippen molar-refractivity contribution in [2.75, 3.05) is 13.1 Å². The van der Waals surface area contributed by atoms with Gasteiger partial charge in [-0.25, -0.2) is 4.98 Å². The molecular weight excluding hydrogens is 278 g/mol. The van der Waals surface area contributed by atoms with Crippen LogP contribution in [0, 0.1) is 0 Å². The molecule has 0 unspecified atom stereocenters. The van der Waals surface area contributed by atoms with Gasteiger partial charge in [-0.15, -0.1) is 0 Å². The lowest BCUT2D eigenvalue weighted by molar-refractivity contribution is -0.130. The Bertz CT molecular complexity index is 799. The number of hydrogen-bond donors (Lipinski definition) is 0. The molecule has 4 rings (SSSR count). The highest BCUT2D eigenvalue weighted by molar-refractivity contribution is 5.84. The highest BCUT2D eigenvalue weighted by Crippen LogP contribution is 2.25. The van der Waals surface area contributed by atoms with Gasteiger partial charge in [0.25, 0.3) is 0 Å². The number of para-hydroxylation sites is 2. The van der Waals surface area contributed by atoms with Gasteiger partial charge in [0.2, 0.25) is 5.91 Å². The lowest BCUT2D eigenvalue weighted by Crippen LogP contribution is -2.31. The summed E-state index contributed by atoms with van der Waals surface area (Å²) in [5.74, 6) is 1.54. The molecule has 5 nitrogen and oxygen atoms in total. The van der Waals surface area contributed by atoms with Gasteiger partial charge < -0.3 is 13.9 Å². The molecular formula is C17H17N3O2. The Kier molecular flexibility index (Phi) is 3.18. The lowest BCUT2D eigenvalue weighted by Gasteiger charge is -2.16. The van der Waals surface area contributed by atoms with Crippen LogP contribution in [0.3, 0.4) is 0 Å². The van der Waals surface area contributed by atoms with E-state index in [0.717, 1.165) is 37.0 Å². The van der Waals surface area contributed by atoms with E-state index in [2.05, 4.69) is 4.98 Å². The monoisotopic (exact) mass is 295 g/mol. The van der Waals surface area contributed by atoms with Crippen molar-refractivity contribution in [1.82, 2.24) is 14.5 Å². The summed E-state index contributed by atoms with van der Waals surface area (Å²) in [4.78, 5) is 19.1. The Morgan fingerprint density at radius 2 is 1.95 bits per heavy atom. The van der Waals surface area contributed by atoms with Gasteiger partial charge in [0.15, 0.2) is 11.6 Å². The van der Waals surface area contributed by atoms with E-state index >= 15 is 0 Å². The number of likely N-dealkylation sites (tertiary alicyclic amines) is 1. The first-order valence-electron chi connectivity index (χ1n) is 7.60. The van der Waals surface area contributed by atoms with E-state index in [9.17, 15) is 4.79 Å². The number of hydrogen-bond acceptors (Lipinski definition) is 3. The van der Waals surface area contributed by atoms with Crippen molar-refractivity contribution in [3.8, 4) is 11.6 Å². The van der Waals surface area contributed by atoms with E-state index in [1.54, 1.807) is 6.26 Å². The normalized spacial score (nSPS) is 14.8. The molecule has 3 heterocycles. The van der Waals surface area contributed by atoms with E-state index in [1.807, 2.05) is 45.9 Å². The summed E-state index contributed by atoms with van der Waals surface area (Å²) in [5.41, 5.74) is 1.84. The van der Waals surface area contributed by atoms with Gasteiger partial charge in [0.1, 0.15) is 6.54 Å². The fourth-order valence-corrected chi connectivity index (χ4v) is 3.03. The van der Waals surface area contributed by atoms with Crippen LogP contribution in [0.25, 0.3) is 22.6 Å². The molecule has 5 heteroatoms. The number of furan rings is 1. The maximum absolute atomic E-state index is 12.5. The van der Waals surface area contributed by atoms with Gasteiger partial charge >= 0.3 is 0 Å². The van der Waals surface area contributed by atoms with Crippen LogP contribution >= 0.6 is 0 Å². The van der Waals surface area contributed by atoms with Crippen LogP contribution in [0.15, 0.2) is 47.1 Å². The summed E-state index contributed by atoms with van der Waals surface area (Å²) in [6, 6.07) is 11.6. The van der Waals surface area contributed by atoms with Gasteiger partial charge in [-0.1, -0.05) is 12.1 Å². The molecule has 0 bridgehead atoms. The molecule has 3 aromatic rings. The standard InChI is InChI=1S/C17H17N3O2/c21-16(19-9-3-4-10-19)12-20-14-7-2-1-6-13(14)18-17(20)15-8-5-11-22-15/h1-2,5-8,11H,3-4,9-10,12H2. The number of carbonyl (C=O) groups excluding carboxylic acids is 1. The molecule has 0 atom stereocenters. The zero-order valence-electron chi connectivity index (χ0n) is 12.2. The first kappa shape index (κ1) is 13.1. The van der Waals surface area contributed by atoms with Crippen molar-refractivity contribution in [3.63, 3.8) is 0 Å². The number of imidazole rings is 1. The third-order valence-electron chi connectivity index (χ3n) is 4.15. The molecule has 0 saturated carbocycles. The van der Waals surface area contributed by atoms with E-state index in [1.165, 1.54) is 0 Å². The zero-order valence-corrected chi connectivity index (χ0v) is 12.2. The van der Waals surface area contributed by atoms with Crippen molar-refractivity contribution in [1.29, 1.82) is 0 Å². The minimum atomic E-state index is 0.147. The summed E-state index contributed by atoms with van der Waals surface area (Å²) in [7, 11) is 0. The molecule has 0 spiro atoms. The first-order chi connectivity index (χ1) is 10.8. The van der Waals surface area contributed by atoms with Gasteiger partial charge in [-0.3, -0.25) is 4.79 Å². The molecule has 1 amide bonds. The fraction of sp³-hybridized carbons (Fsp3) is 0.294. The number of aromatic nitrogens is 2. The summed E-state index contributed by atoms with van der Waals surface area (Å²) in [6.07, 6.45) is 3.82. The predicted octanol–water partition coefficient (Wildman–Crippen LogP) is 2.92. The largest absolute Gasteiger partial charge is 0.461 e. The summed E-state index contributed by atoms with van der Waals surface area (Å²) < 4.78 is 7.44. The second-order valence-electron chi connectivity index (χ2n) is 5.58.